The monoisotopic (exact) mass is 408 g/mol. The highest BCUT2D eigenvalue weighted by Gasteiger charge is 2.39. The van der Waals surface area contributed by atoms with Gasteiger partial charge in [0.05, 0.1) is 20.3 Å². The summed E-state index contributed by atoms with van der Waals surface area (Å²) in [6.45, 7) is 0.762. The summed E-state index contributed by atoms with van der Waals surface area (Å²) in [5.74, 6) is -0.288. The fraction of sp³-hybridized carbons (Fsp3) is 0.250. The van der Waals surface area contributed by atoms with Gasteiger partial charge in [0.15, 0.2) is 23.1 Å². The zero-order chi connectivity index (χ0) is 20.8. The average Bonchev–Trinajstić information content (AvgIpc) is 2.78. The van der Waals surface area contributed by atoms with Gasteiger partial charge in [-0.1, -0.05) is 24.3 Å². The zero-order valence-corrected chi connectivity index (χ0v) is 16.8. The maximum Gasteiger partial charge on any atom is 0.161 e. The Morgan fingerprint density at radius 3 is 2.43 bits per heavy atom. The molecule has 2 aliphatic rings. The van der Waals surface area contributed by atoms with Crippen LogP contribution in [0.2, 0.25) is 0 Å². The molecule has 2 atom stereocenters. The normalized spacial score (nSPS) is 19.9. The highest BCUT2D eigenvalue weighted by Crippen LogP contribution is 2.48. The number of para-hydroxylation sites is 1. The van der Waals surface area contributed by atoms with Gasteiger partial charge in [0.1, 0.15) is 6.17 Å². The van der Waals surface area contributed by atoms with E-state index in [4.69, 9.17) is 9.47 Å². The SMILES string of the molecule is COc1cc2c(cc1OC)[C@H]1c3ccccc3N[C@H](c3ccc(F)c(F)c3)N1CC2. The van der Waals surface area contributed by atoms with E-state index in [9.17, 15) is 8.78 Å². The Bertz CT molecular complexity index is 1120. The van der Waals surface area contributed by atoms with Crippen molar-refractivity contribution in [1.29, 1.82) is 0 Å². The van der Waals surface area contributed by atoms with E-state index < -0.39 is 11.6 Å². The Balaban J connectivity index is 1.68. The minimum absolute atomic E-state index is 0.0379. The number of anilines is 1. The fourth-order valence-corrected chi connectivity index (χ4v) is 4.64. The Kier molecular flexibility index (Phi) is 4.59. The molecule has 0 amide bonds. The number of nitrogens with one attached hydrogen (secondary N) is 1. The van der Waals surface area contributed by atoms with Crippen molar-refractivity contribution in [2.24, 2.45) is 0 Å². The van der Waals surface area contributed by atoms with Crippen LogP contribution in [0.1, 0.15) is 34.5 Å². The van der Waals surface area contributed by atoms with Gasteiger partial charge in [-0.3, -0.25) is 4.90 Å². The molecule has 4 nitrogen and oxygen atoms in total. The van der Waals surface area contributed by atoms with E-state index in [1.54, 1.807) is 20.3 Å². The van der Waals surface area contributed by atoms with Gasteiger partial charge in [0.2, 0.25) is 0 Å². The molecule has 154 valence electrons. The second-order valence-corrected chi connectivity index (χ2v) is 7.60. The Hall–Kier alpha value is -3.12. The van der Waals surface area contributed by atoms with Gasteiger partial charge >= 0.3 is 0 Å². The molecule has 0 radical (unpaired) electrons. The third kappa shape index (κ3) is 2.91. The van der Waals surface area contributed by atoms with E-state index in [0.717, 1.165) is 29.8 Å². The van der Waals surface area contributed by atoms with Crippen LogP contribution < -0.4 is 14.8 Å². The van der Waals surface area contributed by atoms with E-state index in [1.807, 2.05) is 30.3 Å². The van der Waals surface area contributed by atoms with Crippen molar-refractivity contribution in [2.75, 3.05) is 26.1 Å². The van der Waals surface area contributed by atoms with Crippen molar-refractivity contribution in [3.8, 4) is 11.5 Å². The van der Waals surface area contributed by atoms with Gasteiger partial charge < -0.3 is 14.8 Å². The van der Waals surface area contributed by atoms with E-state index >= 15 is 0 Å². The largest absolute Gasteiger partial charge is 0.493 e. The summed E-state index contributed by atoms with van der Waals surface area (Å²) in [5, 5.41) is 3.52. The topological polar surface area (TPSA) is 33.7 Å². The maximum atomic E-state index is 14.0. The first kappa shape index (κ1) is 18.9. The smallest absolute Gasteiger partial charge is 0.161 e. The van der Waals surface area contributed by atoms with Crippen LogP contribution in [-0.2, 0) is 6.42 Å². The van der Waals surface area contributed by atoms with Crippen LogP contribution in [0.15, 0.2) is 54.6 Å². The summed E-state index contributed by atoms with van der Waals surface area (Å²) in [5.41, 5.74) is 5.16. The van der Waals surface area contributed by atoms with E-state index in [0.29, 0.717) is 17.1 Å². The molecular weight excluding hydrogens is 386 g/mol. The molecule has 0 unspecified atom stereocenters. The van der Waals surface area contributed by atoms with Crippen molar-refractivity contribution in [3.05, 3.63) is 88.5 Å². The molecule has 0 spiro atoms. The molecule has 2 aliphatic heterocycles. The lowest BCUT2D eigenvalue weighted by Crippen LogP contribution is -2.45. The number of hydrogen-bond donors (Lipinski definition) is 1. The fourth-order valence-electron chi connectivity index (χ4n) is 4.64. The minimum atomic E-state index is -0.840. The third-order valence-electron chi connectivity index (χ3n) is 6.05. The van der Waals surface area contributed by atoms with Crippen LogP contribution in [0.4, 0.5) is 14.5 Å². The number of methoxy groups -OCH3 is 2. The molecule has 0 aromatic heterocycles. The third-order valence-corrected chi connectivity index (χ3v) is 6.05. The number of nitrogens with zero attached hydrogens (tertiary/aromatic N) is 1. The molecule has 0 saturated carbocycles. The number of ether oxygens (including phenoxy) is 2. The Labute approximate surface area is 174 Å². The molecule has 6 heteroatoms. The van der Waals surface area contributed by atoms with Gasteiger partial charge in [-0.15, -0.1) is 0 Å². The lowest BCUT2D eigenvalue weighted by molar-refractivity contribution is 0.153. The van der Waals surface area contributed by atoms with Crippen molar-refractivity contribution in [1.82, 2.24) is 4.90 Å². The summed E-state index contributed by atoms with van der Waals surface area (Å²) in [6.07, 6.45) is 0.539. The predicted molar refractivity (Wildman–Crippen MR) is 111 cm³/mol. The van der Waals surface area contributed by atoms with Crippen LogP contribution in [-0.4, -0.2) is 25.7 Å². The molecule has 0 bridgehead atoms. The second-order valence-electron chi connectivity index (χ2n) is 7.60. The van der Waals surface area contributed by atoms with Gasteiger partial charge in [-0.05, 0) is 59.0 Å². The quantitative estimate of drug-likeness (QED) is 0.657. The Morgan fingerprint density at radius 1 is 0.900 bits per heavy atom. The number of fused-ring (bicyclic) bond motifs is 5. The van der Waals surface area contributed by atoms with Crippen LogP contribution in [0.3, 0.4) is 0 Å². The van der Waals surface area contributed by atoms with Crippen LogP contribution in [0.5, 0.6) is 11.5 Å². The number of benzene rings is 3. The summed E-state index contributed by atoms with van der Waals surface area (Å²) in [7, 11) is 3.27. The summed E-state index contributed by atoms with van der Waals surface area (Å²) in [4.78, 5) is 2.29. The number of halogens is 2. The summed E-state index contributed by atoms with van der Waals surface area (Å²) in [6, 6.07) is 16.3. The summed E-state index contributed by atoms with van der Waals surface area (Å²) < 4.78 is 38.6. The van der Waals surface area contributed by atoms with Crippen LogP contribution >= 0.6 is 0 Å². The molecule has 2 heterocycles. The highest BCUT2D eigenvalue weighted by atomic mass is 19.2. The highest BCUT2D eigenvalue weighted by molar-refractivity contribution is 5.61. The molecular formula is C24H22F2N2O2. The van der Waals surface area contributed by atoms with Gasteiger partial charge in [-0.25, -0.2) is 8.78 Å². The molecule has 0 saturated heterocycles. The van der Waals surface area contributed by atoms with Crippen molar-refractivity contribution < 1.29 is 18.3 Å². The first-order valence-electron chi connectivity index (χ1n) is 9.91. The minimum Gasteiger partial charge on any atom is -0.493 e. The molecule has 1 N–H and O–H groups in total. The second kappa shape index (κ2) is 7.29. The predicted octanol–water partition coefficient (Wildman–Crippen LogP) is 5.05. The van der Waals surface area contributed by atoms with Crippen molar-refractivity contribution in [3.63, 3.8) is 0 Å². The van der Waals surface area contributed by atoms with E-state index in [2.05, 4.69) is 16.3 Å². The van der Waals surface area contributed by atoms with Gasteiger partial charge in [0, 0.05) is 12.2 Å². The van der Waals surface area contributed by atoms with Gasteiger partial charge in [0.25, 0.3) is 0 Å². The standard InChI is InChI=1S/C24H22F2N2O2/c1-29-21-12-14-9-10-28-23(17(14)13-22(21)30-2)16-5-3-4-6-20(16)27-24(28)15-7-8-18(25)19(26)11-15/h3-8,11-13,23-24,27H,9-10H2,1-2H3/t23-,24+/m1/s1. The molecule has 0 fully saturated rings. The molecule has 5 rings (SSSR count). The van der Waals surface area contributed by atoms with E-state index in [-0.39, 0.29) is 12.2 Å². The number of hydrogen-bond acceptors (Lipinski definition) is 4. The molecule has 3 aromatic carbocycles. The van der Waals surface area contributed by atoms with Crippen molar-refractivity contribution >= 4 is 5.69 Å². The zero-order valence-electron chi connectivity index (χ0n) is 16.8. The lowest BCUT2D eigenvalue weighted by atomic mass is 9.84. The first-order chi connectivity index (χ1) is 14.6. The molecule has 0 aliphatic carbocycles. The molecule has 3 aromatic rings. The first-order valence-corrected chi connectivity index (χ1v) is 9.91. The summed E-state index contributed by atoms with van der Waals surface area (Å²) >= 11 is 0. The maximum absolute atomic E-state index is 14.0. The number of rotatable bonds is 3. The van der Waals surface area contributed by atoms with Gasteiger partial charge in [-0.2, -0.15) is 0 Å². The Morgan fingerprint density at radius 2 is 1.67 bits per heavy atom. The molecule has 30 heavy (non-hydrogen) atoms. The van der Waals surface area contributed by atoms with E-state index in [1.165, 1.54) is 17.7 Å². The van der Waals surface area contributed by atoms with Crippen molar-refractivity contribution in [2.45, 2.75) is 18.6 Å². The average molecular weight is 408 g/mol. The van der Waals surface area contributed by atoms with Crippen LogP contribution in [0, 0.1) is 11.6 Å². The lowest BCUT2D eigenvalue weighted by Gasteiger charge is -2.47. The van der Waals surface area contributed by atoms with Crippen LogP contribution in [0.25, 0.3) is 0 Å².